The molecule has 1 aliphatic rings. The second-order valence-electron chi connectivity index (χ2n) is 5.81. The maximum absolute atomic E-state index is 12.4. The van der Waals surface area contributed by atoms with E-state index in [-0.39, 0.29) is 17.9 Å². The third-order valence-corrected chi connectivity index (χ3v) is 3.75. The van der Waals surface area contributed by atoms with E-state index in [1.165, 1.54) is 0 Å². The van der Waals surface area contributed by atoms with Crippen LogP contribution in [0.15, 0.2) is 48.5 Å². The summed E-state index contributed by atoms with van der Waals surface area (Å²) in [6.45, 7) is 0. The molecule has 25 heavy (non-hydrogen) atoms. The maximum Gasteiger partial charge on any atom is 0.316 e. The molecule has 1 fully saturated rings. The van der Waals surface area contributed by atoms with E-state index in [2.05, 4.69) is 16.0 Å². The summed E-state index contributed by atoms with van der Waals surface area (Å²) in [6.07, 6.45) is 1.98. The number of nitrogens with two attached hydrogens (primary N) is 1. The van der Waals surface area contributed by atoms with Crippen molar-refractivity contribution < 1.29 is 14.4 Å². The summed E-state index contributed by atoms with van der Waals surface area (Å²) >= 11 is 0. The molecule has 2 aromatic rings. The van der Waals surface area contributed by atoms with Crippen LogP contribution in [0.4, 0.5) is 16.2 Å². The summed E-state index contributed by atoms with van der Waals surface area (Å²) in [6, 6.07) is 12.7. The Bertz CT molecular complexity index is 813. The predicted octanol–water partition coefficient (Wildman–Crippen LogP) is 2.32. The zero-order chi connectivity index (χ0) is 17.8. The van der Waals surface area contributed by atoms with Crippen LogP contribution in [-0.4, -0.2) is 23.9 Å². The van der Waals surface area contributed by atoms with Crippen molar-refractivity contribution in [2.45, 2.75) is 18.9 Å². The Morgan fingerprint density at radius 1 is 0.880 bits per heavy atom. The van der Waals surface area contributed by atoms with Crippen LogP contribution in [0.3, 0.4) is 0 Å². The van der Waals surface area contributed by atoms with Gasteiger partial charge in [0.15, 0.2) is 0 Å². The monoisotopic (exact) mass is 338 g/mol. The van der Waals surface area contributed by atoms with Crippen LogP contribution in [0.2, 0.25) is 0 Å². The minimum atomic E-state index is -0.673. The lowest BCUT2D eigenvalue weighted by Crippen LogP contribution is -2.27. The second kappa shape index (κ2) is 7.04. The summed E-state index contributed by atoms with van der Waals surface area (Å²) in [5.74, 6) is -0.545. The van der Waals surface area contributed by atoms with Crippen molar-refractivity contribution in [3.8, 4) is 0 Å². The molecule has 1 aliphatic carbocycles. The first-order chi connectivity index (χ1) is 12.0. The molecule has 0 spiro atoms. The van der Waals surface area contributed by atoms with Gasteiger partial charge in [0.2, 0.25) is 0 Å². The number of carbonyl (C=O) groups is 3. The van der Waals surface area contributed by atoms with E-state index in [1.807, 2.05) is 0 Å². The van der Waals surface area contributed by atoms with Crippen molar-refractivity contribution in [3.63, 3.8) is 0 Å². The number of hydrogen-bond acceptors (Lipinski definition) is 3. The first kappa shape index (κ1) is 16.5. The molecule has 0 aromatic heterocycles. The van der Waals surface area contributed by atoms with Crippen LogP contribution >= 0.6 is 0 Å². The highest BCUT2D eigenvalue weighted by molar-refractivity contribution is 6.09. The number of hydrogen-bond donors (Lipinski definition) is 4. The van der Waals surface area contributed by atoms with Gasteiger partial charge in [-0.05, 0) is 49.2 Å². The van der Waals surface area contributed by atoms with Gasteiger partial charge in [-0.1, -0.05) is 12.1 Å². The van der Waals surface area contributed by atoms with Gasteiger partial charge in [-0.25, -0.2) is 4.79 Å². The molecule has 7 nitrogen and oxygen atoms in total. The molecule has 1 saturated carbocycles. The fourth-order valence-corrected chi connectivity index (χ4v) is 2.32. The number of anilines is 2. The van der Waals surface area contributed by atoms with E-state index in [1.54, 1.807) is 48.5 Å². The van der Waals surface area contributed by atoms with Crippen LogP contribution in [0.25, 0.3) is 0 Å². The molecule has 3 rings (SSSR count). The SMILES string of the molecule is NC(=O)Nc1ccc(C(=O)Nc2ccccc2C(=O)NC2CC2)cc1. The van der Waals surface area contributed by atoms with Gasteiger partial charge in [0, 0.05) is 17.3 Å². The normalized spacial score (nSPS) is 13.0. The van der Waals surface area contributed by atoms with E-state index in [0.29, 0.717) is 22.5 Å². The van der Waals surface area contributed by atoms with Crippen LogP contribution in [0.1, 0.15) is 33.6 Å². The van der Waals surface area contributed by atoms with E-state index in [4.69, 9.17) is 5.73 Å². The first-order valence-corrected chi connectivity index (χ1v) is 7.90. The Hall–Kier alpha value is -3.35. The van der Waals surface area contributed by atoms with Gasteiger partial charge in [0.25, 0.3) is 11.8 Å². The quantitative estimate of drug-likeness (QED) is 0.671. The van der Waals surface area contributed by atoms with Crippen molar-refractivity contribution in [2.75, 3.05) is 10.6 Å². The Kier molecular flexibility index (Phi) is 4.65. The molecule has 0 bridgehead atoms. The molecule has 128 valence electrons. The highest BCUT2D eigenvalue weighted by Gasteiger charge is 2.25. The summed E-state index contributed by atoms with van der Waals surface area (Å²) < 4.78 is 0. The molecule has 7 heteroatoms. The molecule has 4 amide bonds. The summed E-state index contributed by atoms with van der Waals surface area (Å²) in [4.78, 5) is 35.5. The van der Waals surface area contributed by atoms with Crippen LogP contribution in [-0.2, 0) is 0 Å². The maximum atomic E-state index is 12.4. The number of primary amides is 1. The molecule has 2 aromatic carbocycles. The number of benzene rings is 2. The summed E-state index contributed by atoms with van der Waals surface area (Å²) in [5.41, 5.74) is 6.81. The summed E-state index contributed by atoms with van der Waals surface area (Å²) in [7, 11) is 0. The third kappa shape index (κ3) is 4.35. The lowest BCUT2D eigenvalue weighted by atomic mass is 10.1. The minimum Gasteiger partial charge on any atom is -0.351 e. The van der Waals surface area contributed by atoms with Gasteiger partial charge in [-0.3, -0.25) is 9.59 Å². The van der Waals surface area contributed by atoms with E-state index in [9.17, 15) is 14.4 Å². The van der Waals surface area contributed by atoms with Gasteiger partial charge in [0.1, 0.15) is 0 Å². The van der Waals surface area contributed by atoms with Crippen LogP contribution in [0.5, 0.6) is 0 Å². The lowest BCUT2D eigenvalue weighted by molar-refractivity contribution is 0.0952. The van der Waals surface area contributed by atoms with E-state index >= 15 is 0 Å². The highest BCUT2D eigenvalue weighted by Crippen LogP contribution is 2.22. The largest absolute Gasteiger partial charge is 0.351 e. The van der Waals surface area contributed by atoms with Gasteiger partial charge in [-0.2, -0.15) is 0 Å². The molecular formula is C18H18N4O3. The summed E-state index contributed by atoms with van der Waals surface area (Å²) in [5, 5.41) is 8.08. The van der Waals surface area contributed by atoms with Gasteiger partial charge >= 0.3 is 6.03 Å². The number of carbonyl (C=O) groups excluding carboxylic acids is 3. The smallest absolute Gasteiger partial charge is 0.316 e. The Balaban J connectivity index is 1.72. The third-order valence-electron chi connectivity index (χ3n) is 3.75. The number of para-hydroxylation sites is 1. The molecule has 0 aliphatic heterocycles. The highest BCUT2D eigenvalue weighted by atomic mass is 16.2. The number of rotatable bonds is 5. The zero-order valence-electron chi connectivity index (χ0n) is 13.4. The van der Waals surface area contributed by atoms with E-state index in [0.717, 1.165) is 12.8 Å². The predicted molar refractivity (Wildman–Crippen MR) is 94.5 cm³/mol. The molecule has 0 heterocycles. The van der Waals surface area contributed by atoms with E-state index < -0.39 is 6.03 Å². The molecule has 5 N–H and O–H groups in total. The van der Waals surface area contributed by atoms with Crippen molar-refractivity contribution in [3.05, 3.63) is 59.7 Å². The molecule has 0 radical (unpaired) electrons. The Morgan fingerprint density at radius 2 is 1.56 bits per heavy atom. The number of amides is 4. The second-order valence-corrected chi connectivity index (χ2v) is 5.81. The number of nitrogens with one attached hydrogen (secondary N) is 3. The van der Waals surface area contributed by atoms with Crippen molar-refractivity contribution >= 4 is 29.2 Å². The average Bonchev–Trinajstić information content (AvgIpc) is 3.39. The van der Waals surface area contributed by atoms with Crippen molar-refractivity contribution in [2.24, 2.45) is 5.73 Å². The fraction of sp³-hybridized carbons (Fsp3) is 0.167. The Morgan fingerprint density at radius 3 is 2.20 bits per heavy atom. The van der Waals surface area contributed by atoms with Crippen molar-refractivity contribution in [1.29, 1.82) is 0 Å². The fourth-order valence-electron chi connectivity index (χ4n) is 2.32. The minimum absolute atomic E-state index is 0.195. The molecule has 0 saturated heterocycles. The lowest BCUT2D eigenvalue weighted by Gasteiger charge is -2.11. The van der Waals surface area contributed by atoms with Crippen LogP contribution in [0, 0.1) is 0 Å². The van der Waals surface area contributed by atoms with Crippen molar-refractivity contribution in [1.82, 2.24) is 5.32 Å². The topological polar surface area (TPSA) is 113 Å². The molecular weight excluding hydrogens is 320 g/mol. The number of urea groups is 1. The Labute approximate surface area is 144 Å². The first-order valence-electron chi connectivity index (χ1n) is 7.90. The van der Waals surface area contributed by atoms with Gasteiger partial charge < -0.3 is 21.7 Å². The van der Waals surface area contributed by atoms with Crippen LogP contribution < -0.4 is 21.7 Å². The molecule has 0 unspecified atom stereocenters. The average molecular weight is 338 g/mol. The standard InChI is InChI=1S/C18H18N4O3/c19-18(25)21-13-7-5-11(6-8-13)16(23)22-15-4-2-1-3-14(15)17(24)20-12-9-10-12/h1-8,12H,9-10H2,(H,20,24)(H,22,23)(H3,19,21,25). The zero-order valence-corrected chi connectivity index (χ0v) is 13.4. The van der Waals surface area contributed by atoms with Gasteiger partial charge in [0.05, 0.1) is 11.3 Å². The molecule has 0 atom stereocenters. The van der Waals surface area contributed by atoms with Gasteiger partial charge in [-0.15, -0.1) is 0 Å².